The first-order valence-corrected chi connectivity index (χ1v) is 25.3. The van der Waals surface area contributed by atoms with E-state index in [0.717, 1.165) is 32.9 Å². The Kier molecular flexibility index (Phi) is 8.93. The molecule has 0 amide bonds. The molecular weight excluding hydrogens is 890 g/mol. The zero-order valence-electron chi connectivity index (χ0n) is 35.8. The molecule has 0 fully saturated rings. The Morgan fingerprint density at radius 2 is 0.791 bits per heavy atom. The van der Waals surface area contributed by atoms with Crippen molar-refractivity contribution in [2.24, 2.45) is 0 Å². The van der Waals surface area contributed by atoms with Gasteiger partial charge >= 0.3 is 0 Å². The third kappa shape index (κ3) is 6.25. The molecule has 0 unspecified atom stereocenters. The SMILES string of the molecule is Clc1ccc(-c2cc(-c3ccc(N(c4ccccc4)c4ccc5sc6ccccc6c5c4)c4ccccc34)c3sc4ccc(-c5ccc6sc7ccccc7c6c5)cc4c3c2)c2ccccc12. The van der Waals surface area contributed by atoms with Crippen LogP contribution < -0.4 is 4.90 Å². The highest BCUT2D eigenvalue weighted by Crippen LogP contribution is 2.49. The number of hydrogen-bond donors (Lipinski definition) is 0. The first-order chi connectivity index (χ1) is 33.1. The number of anilines is 3. The quantitative estimate of drug-likeness (QED) is 0.161. The van der Waals surface area contributed by atoms with Crippen LogP contribution in [0.2, 0.25) is 5.02 Å². The summed E-state index contributed by atoms with van der Waals surface area (Å²) < 4.78 is 7.79. The molecule has 1 nitrogen and oxygen atoms in total. The van der Waals surface area contributed by atoms with Crippen LogP contribution in [-0.4, -0.2) is 0 Å². The molecule has 0 bridgehead atoms. The molecule has 3 aromatic heterocycles. The van der Waals surface area contributed by atoms with E-state index in [0.29, 0.717) is 0 Å². The lowest BCUT2D eigenvalue weighted by atomic mass is 9.90. The minimum absolute atomic E-state index is 0.762. The molecule has 314 valence electrons. The summed E-state index contributed by atoms with van der Waals surface area (Å²) in [6, 6.07) is 80.5. The van der Waals surface area contributed by atoms with Gasteiger partial charge in [0.25, 0.3) is 0 Å². The molecule has 3 heterocycles. The lowest BCUT2D eigenvalue weighted by molar-refractivity contribution is 1.30. The zero-order valence-corrected chi connectivity index (χ0v) is 39.0. The Morgan fingerprint density at radius 1 is 0.284 bits per heavy atom. The Bertz CT molecular complexity index is 4310. The third-order valence-electron chi connectivity index (χ3n) is 13.5. The van der Waals surface area contributed by atoms with Gasteiger partial charge in [-0.3, -0.25) is 0 Å². The van der Waals surface area contributed by atoms with Gasteiger partial charge in [0, 0.05) is 93.3 Å². The number of benzene rings is 11. The Balaban J connectivity index is 1.00. The van der Waals surface area contributed by atoms with Crippen molar-refractivity contribution in [3.05, 3.63) is 223 Å². The number of fused-ring (bicyclic) bond motifs is 11. The van der Waals surface area contributed by atoms with E-state index in [4.69, 9.17) is 11.6 Å². The topological polar surface area (TPSA) is 3.24 Å². The average Bonchev–Trinajstić information content (AvgIpc) is 4.07. The molecule has 0 aliphatic carbocycles. The fraction of sp³-hybridized carbons (Fsp3) is 0. The second-order valence-electron chi connectivity index (χ2n) is 17.3. The summed E-state index contributed by atoms with van der Waals surface area (Å²) in [5.41, 5.74) is 10.6. The van der Waals surface area contributed by atoms with Crippen molar-refractivity contribution in [2.45, 2.75) is 0 Å². The average molecular weight is 927 g/mol. The van der Waals surface area contributed by atoms with Gasteiger partial charge in [0.15, 0.2) is 0 Å². The van der Waals surface area contributed by atoms with Gasteiger partial charge in [-0.2, -0.15) is 0 Å². The van der Waals surface area contributed by atoms with Crippen molar-refractivity contribution in [2.75, 3.05) is 4.90 Å². The summed E-state index contributed by atoms with van der Waals surface area (Å²) in [5, 5.41) is 13.1. The maximum atomic E-state index is 6.88. The first kappa shape index (κ1) is 38.9. The molecule has 5 heteroatoms. The molecule has 0 radical (unpaired) electrons. The Hall–Kier alpha value is -7.31. The van der Waals surface area contributed by atoms with Crippen molar-refractivity contribution >= 4 is 145 Å². The molecule has 0 aliphatic rings. The normalized spacial score (nSPS) is 12.0. The maximum absolute atomic E-state index is 6.88. The van der Waals surface area contributed by atoms with Gasteiger partial charge in [-0.25, -0.2) is 0 Å². The van der Waals surface area contributed by atoms with E-state index in [1.165, 1.54) is 105 Å². The molecule has 67 heavy (non-hydrogen) atoms. The number of rotatable bonds is 6. The number of halogens is 1. The lowest BCUT2D eigenvalue weighted by Gasteiger charge is -2.27. The van der Waals surface area contributed by atoms with Crippen LogP contribution in [0.3, 0.4) is 0 Å². The Morgan fingerprint density at radius 3 is 1.49 bits per heavy atom. The summed E-state index contributed by atoms with van der Waals surface area (Å²) in [5.74, 6) is 0. The molecular formula is C62H36ClNS3. The summed E-state index contributed by atoms with van der Waals surface area (Å²) in [7, 11) is 0. The van der Waals surface area contributed by atoms with E-state index in [2.05, 4.69) is 223 Å². The van der Waals surface area contributed by atoms with Gasteiger partial charge < -0.3 is 4.90 Å². The molecule has 0 saturated carbocycles. The van der Waals surface area contributed by atoms with E-state index in [1.54, 1.807) is 0 Å². The van der Waals surface area contributed by atoms with Crippen LogP contribution in [0.5, 0.6) is 0 Å². The molecule has 0 atom stereocenters. The fourth-order valence-electron chi connectivity index (χ4n) is 10.4. The summed E-state index contributed by atoms with van der Waals surface area (Å²) >= 11 is 12.5. The van der Waals surface area contributed by atoms with Crippen LogP contribution in [-0.2, 0) is 0 Å². The maximum Gasteiger partial charge on any atom is 0.0540 e. The van der Waals surface area contributed by atoms with Gasteiger partial charge in [-0.15, -0.1) is 34.0 Å². The van der Waals surface area contributed by atoms with Crippen LogP contribution in [0.4, 0.5) is 17.1 Å². The molecule has 14 aromatic rings. The van der Waals surface area contributed by atoms with Crippen LogP contribution in [0.15, 0.2) is 218 Å². The highest BCUT2D eigenvalue weighted by atomic mass is 35.5. The van der Waals surface area contributed by atoms with Crippen LogP contribution in [0, 0.1) is 0 Å². The van der Waals surface area contributed by atoms with Crippen LogP contribution >= 0.6 is 45.6 Å². The first-order valence-electron chi connectivity index (χ1n) is 22.5. The van der Waals surface area contributed by atoms with Gasteiger partial charge in [0.2, 0.25) is 0 Å². The molecule has 0 N–H and O–H groups in total. The summed E-state index contributed by atoms with van der Waals surface area (Å²) in [4.78, 5) is 2.43. The molecule has 0 aliphatic heterocycles. The standard InChI is InChI=1S/C62H36ClNS3/c63-55-27-25-42(43-14-4-6-16-46(43)55)39-34-53(62-54(35-39)51-33-38(23-30-61(51)67-62)37-22-29-59-50(32-37)48-18-8-10-20-57(48)65-59)45-26-28-56(47-17-7-5-15-44(45)47)64(40-12-2-1-3-13-40)41-24-31-60-52(36-41)49-19-9-11-21-58(49)66-60/h1-36H. The highest BCUT2D eigenvalue weighted by molar-refractivity contribution is 7.27. The van der Waals surface area contributed by atoms with Crippen LogP contribution in [0.25, 0.3) is 115 Å². The number of hydrogen-bond acceptors (Lipinski definition) is 4. The van der Waals surface area contributed by atoms with Crippen molar-refractivity contribution in [3.8, 4) is 33.4 Å². The monoisotopic (exact) mass is 925 g/mol. The van der Waals surface area contributed by atoms with Gasteiger partial charge in [0.05, 0.1) is 5.69 Å². The number of nitrogens with zero attached hydrogens (tertiary/aromatic N) is 1. The predicted octanol–water partition coefficient (Wildman–Crippen LogP) is 20.2. The second kappa shape index (κ2) is 15.4. The lowest BCUT2D eigenvalue weighted by Crippen LogP contribution is -2.10. The van der Waals surface area contributed by atoms with E-state index in [1.807, 2.05) is 34.0 Å². The van der Waals surface area contributed by atoms with Crippen LogP contribution in [0.1, 0.15) is 0 Å². The van der Waals surface area contributed by atoms with Gasteiger partial charge in [-0.1, -0.05) is 139 Å². The largest absolute Gasteiger partial charge is 0.310 e. The van der Waals surface area contributed by atoms with Gasteiger partial charge in [-0.05, 0) is 130 Å². The van der Waals surface area contributed by atoms with E-state index in [-0.39, 0.29) is 0 Å². The van der Waals surface area contributed by atoms with Crippen molar-refractivity contribution in [1.82, 2.24) is 0 Å². The molecule has 0 spiro atoms. The second-order valence-corrected chi connectivity index (χ2v) is 20.9. The minimum atomic E-state index is 0.762. The van der Waals surface area contributed by atoms with Crippen molar-refractivity contribution in [1.29, 1.82) is 0 Å². The minimum Gasteiger partial charge on any atom is -0.310 e. The molecule has 14 rings (SSSR count). The van der Waals surface area contributed by atoms with Gasteiger partial charge in [0.1, 0.15) is 0 Å². The Labute approximate surface area is 403 Å². The summed E-state index contributed by atoms with van der Waals surface area (Å²) in [6.07, 6.45) is 0. The zero-order chi connectivity index (χ0) is 44.2. The number of para-hydroxylation sites is 1. The van der Waals surface area contributed by atoms with E-state index >= 15 is 0 Å². The third-order valence-corrected chi connectivity index (χ3v) is 17.4. The predicted molar refractivity (Wildman–Crippen MR) is 296 cm³/mol. The highest BCUT2D eigenvalue weighted by Gasteiger charge is 2.22. The van der Waals surface area contributed by atoms with Crippen molar-refractivity contribution < 1.29 is 0 Å². The van der Waals surface area contributed by atoms with E-state index in [9.17, 15) is 0 Å². The molecule has 11 aromatic carbocycles. The van der Waals surface area contributed by atoms with E-state index < -0.39 is 0 Å². The smallest absolute Gasteiger partial charge is 0.0540 e. The van der Waals surface area contributed by atoms with Crippen molar-refractivity contribution in [3.63, 3.8) is 0 Å². The summed E-state index contributed by atoms with van der Waals surface area (Å²) in [6.45, 7) is 0. The molecule has 0 saturated heterocycles. The number of thiophene rings is 3. The fourth-order valence-corrected chi connectivity index (χ4v) is 14.0.